The van der Waals surface area contributed by atoms with Crippen molar-refractivity contribution in [3.63, 3.8) is 0 Å². The number of furan rings is 1. The maximum absolute atomic E-state index is 11.8. The monoisotopic (exact) mass is 317 g/mol. The van der Waals surface area contributed by atoms with Gasteiger partial charge >= 0.3 is 0 Å². The fraction of sp³-hybridized carbons (Fsp3) is 0.615. The first kappa shape index (κ1) is 17.7. The number of carbonyl (C=O) groups is 1. The molecule has 0 saturated heterocycles. The second-order valence-electron chi connectivity index (χ2n) is 5.16. The number of nitrogens with zero attached hydrogens (tertiary/aromatic N) is 1. The zero-order valence-electron chi connectivity index (χ0n) is 12.8. The molecule has 0 atom stereocenters. The molecule has 2 N–H and O–H groups in total. The van der Waals surface area contributed by atoms with Crippen molar-refractivity contribution < 1.29 is 17.6 Å². The number of nitrogens with one attached hydrogen (secondary N) is 2. The summed E-state index contributed by atoms with van der Waals surface area (Å²) < 4.78 is 30.0. The second-order valence-corrected chi connectivity index (χ2v) is 7.24. The molecular formula is C13H23N3O4S. The van der Waals surface area contributed by atoms with Crippen LogP contribution in [0.2, 0.25) is 0 Å². The number of amides is 1. The zero-order valence-corrected chi connectivity index (χ0v) is 13.7. The number of hydrogen-bond acceptors (Lipinski definition) is 5. The third kappa shape index (κ3) is 5.49. The van der Waals surface area contributed by atoms with E-state index in [1.165, 1.54) is 20.2 Å². The molecule has 8 heteroatoms. The lowest BCUT2D eigenvalue weighted by molar-refractivity contribution is -0.121. The van der Waals surface area contributed by atoms with E-state index in [1.807, 2.05) is 13.8 Å². The number of sulfonamides is 1. The number of carbonyl (C=O) groups excluding carboxylic acids is 1. The Morgan fingerprint density at radius 1 is 1.33 bits per heavy atom. The lowest BCUT2D eigenvalue weighted by Gasteiger charge is -2.09. The Balaban J connectivity index is 2.41. The van der Waals surface area contributed by atoms with Crippen LogP contribution in [0.25, 0.3) is 0 Å². The molecule has 0 radical (unpaired) electrons. The molecule has 0 saturated carbocycles. The predicted octanol–water partition coefficient (Wildman–Crippen LogP) is 0.534. The lowest BCUT2D eigenvalue weighted by atomic mass is 10.3. The Morgan fingerprint density at radius 2 is 2.00 bits per heavy atom. The van der Waals surface area contributed by atoms with Gasteiger partial charge in [0.1, 0.15) is 5.76 Å². The minimum absolute atomic E-state index is 0.0205. The van der Waals surface area contributed by atoms with Gasteiger partial charge in [-0.3, -0.25) is 4.79 Å². The van der Waals surface area contributed by atoms with Crippen LogP contribution in [-0.4, -0.2) is 45.3 Å². The van der Waals surface area contributed by atoms with Crippen LogP contribution in [-0.2, 0) is 21.4 Å². The van der Waals surface area contributed by atoms with Crippen molar-refractivity contribution in [2.24, 2.45) is 0 Å². The molecule has 7 nitrogen and oxygen atoms in total. The summed E-state index contributed by atoms with van der Waals surface area (Å²) in [6.07, 6.45) is 0.363. The Morgan fingerprint density at radius 3 is 2.57 bits per heavy atom. The Bertz CT molecular complexity index is 564. The molecule has 0 bridgehead atoms. The first-order valence-corrected chi connectivity index (χ1v) is 8.19. The molecule has 0 aliphatic rings. The van der Waals surface area contributed by atoms with Gasteiger partial charge in [0.25, 0.3) is 10.0 Å². The minimum atomic E-state index is -3.54. The van der Waals surface area contributed by atoms with Crippen molar-refractivity contribution in [1.29, 1.82) is 0 Å². The standard InChI is InChI=1S/C13H23N3O4S/c1-10(2)15-12(17)7-8-14-9-11-5-6-13(20-11)21(18,19)16(3)4/h5-6,10,14H,7-9H2,1-4H3,(H,15,17). The fourth-order valence-corrected chi connectivity index (χ4v) is 2.39. The molecule has 0 aliphatic heterocycles. The van der Waals surface area contributed by atoms with Gasteiger partial charge in [0.2, 0.25) is 11.0 Å². The highest BCUT2D eigenvalue weighted by Crippen LogP contribution is 2.16. The normalized spacial score (nSPS) is 12.1. The molecule has 120 valence electrons. The van der Waals surface area contributed by atoms with Gasteiger partial charge < -0.3 is 15.1 Å². The first-order chi connectivity index (χ1) is 9.73. The zero-order chi connectivity index (χ0) is 16.0. The molecule has 1 amide bonds. The van der Waals surface area contributed by atoms with Gasteiger partial charge in [0, 0.05) is 33.1 Å². The molecule has 1 aromatic rings. The van der Waals surface area contributed by atoms with Gasteiger partial charge in [-0.05, 0) is 26.0 Å². The largest absolute Gasteiger partial charge is 0.447 e. The van der Waals surface area contributed by atoms with E-state index in [4.69, 9.17) is 4.42 Å². The van der Waals surface area contributed by atoms with E-state index >= 15 is 0 Å². The van der Waals surface area contributed by atoms with Crippen molar-refractivity contribution in [1.82, 2.24) is 14.9 Å². The molecular weight excluding hydrogens is 294 g/mol. The van der Waals surface area contributed by atoms with Crippen molar-refractivity contribution >= 4 is 15.9 Å². The van der Waals surface area contributed by atoms with Crippen LogP contribution in [0.3, 0.4) is 0 Å². The highest BCUT2D eigenvalue weighted by atomic mass is 32.2. The van der Waals surface area contributed by atoms with Gasteiger partial charge in [-0.15, -0.1) is 0 Å². The summed E-state index contributed by atoms with van der Waals surface area (Å²) in [5.41, 5.74) is 0. The molecule has 0 unspecified atom stereocenters. The maximum atomic E-state index is 11.8. The maximum Gasteiger partial charge on any atom is 0.275 e. The van der Waals surface area contributed by atoms with Crippen LogP contribution in [0.4, 0.5) is 0 Å². The highest BCUT2D eigenvalue weighted by Gasteiger charge is 2.21. The predicted molar refractivity (Wildman–Crippen MR) is 79.2 cm³/mol. The van der Waals surface area contributed by atoms with Crippen molar-refractivity contribution in [3.05, 3.63) is 17.9 Å². The van der Waals surface area contributed by atoms with Crippen molar-refractivity contribution in [3.8, 4) is 0 Å². The van der Waals surface area contributed by atoms with Crippen LogP contribution in [0.15, 0.2) is 21.6 Å². The summed E-state index contributed by atoms with van der Waals surface area (Å²) in [7, 11) is -0.644. The molecule has 1 rings (SSSR count). The Labute approximate surface area is 125 Å². The lowest BCUT2D eigenvalue weighted by Crippen LogP contribution is -2.32. The van der Waals surface area contributed by atoms with Crippen LogP contribution in [0.5, 0.6) is 0 Å². The van der Waals surface area contributed by atoms with E-state index in [1.54, 1.807) is 6.07 Å². The summed E-state index contributed by atoms with van der Waals surface area (Å²) in [6, 6.07) is 3.16. The third-order valence-electron chi connectivity index (χ3n) is 2.65. The average molecular weight is 317 g/mol. The van der Waals surface area contributed by atoms with Crippen LogP contribution < -0.4 is 10.6 Å². The van der Waals surface area contributed by atoms with Crippen LogP contribution in [0.1, 0.15) is 26.0 Å². The number of hydrogen-bond donors (Lipinski definition) is 2. The second kappa shape index (κ2) is 7.58. The summed E-state index contributed by atoms with van der Waals surface area (Å²) in [4.78, 5) is 11.4. The SMILES string of the molecule is CC(C)NC(=O)CCNCc1ccc(S(=O)(=O)N(C)C)o1. The molecule has 21 heavy (non-hydrogen) atoms. The first-order valence-electron chi connectivity index (χ1n) is 6.75. The van der Waals surface area contributed by atoms with E-state index in [-0.39, 0.29) is 17.0 Å². The van der Waals surface area contributed by atoms with E-state index in [0.29, 0.717) is 25.3 Å². The van der Waals surface area contributed by atoms with E-state index in [2.05, 4.69) is 10.6 Å². The van der Waals surface area contributed by atoms with Crippen molar-refractivity contribution in [2.75, 3.05) is 20.6 Å². The van der Waals surface area contributed by atoms with Gasteiger partial charge in [-0.1, -0.05) is 0 Å². The third-order valence-corrected chi connectivity index (χ3v) is 4.34. The Hall–Kier alpha value is -1.38. The topological polar surface area (TPSA) is 91.7 Å². The summed E-state index contributed by atoms with van der Waals surface area (Å²) >= 11 is 0. The van der Waals surface area contributed by atoms with E-state index < -0.39 is 10.0 Å². The number of rotatable bonds is 8. The van der Waals surface area contributed by atoms with E-state index in [0.717, 1.165) is 4.31 Å². The van der Waals surface area contributed by atoms with Gasteiger partial charge in [0.15, 0.2) is 0 Å². The van der Waals surface area contributed by atoms with Gasteiger partial charge in [-0.25, -0.2) is 12.7 Å². The fourth-order valence-electron chi connectivity index (χ4n) is 1.58. The molecule has 1 heterocycles. The quantitative estimate of drug-likeness (QED) is 0.683. The summed E-state index contributed by atoms with van der Waals surface area (Å²) in [6.45, 7) is 4.68. The van der Waals surface area contributed by atoms with Crippen molar-refractivity contribution in [2.45, 2.75) is 37.9 Å². The molecule has 1 aromatic heterocycles. The summed E-state index contributed by atoms with van der Waals surface area (Å²) in [5, 5.41) is 5.75. The Kier molecular flexibility index (Phi) is 6.38. The van der Waals surface area contributed by atoms with E-state index in [9.17, 15) is 13.2 Å². The molecule has 0 fully saturated rings. The molecule has 0 spiro atoms. The highest BCUT2D eigenvalue weighted by molar-refractivity contribution is 7.88. The summed E-state index contributed by atoms with van der Waals surface area (Å²) in [5.74, 6) is 0.493. The molecule has 0 aromatic carbocycles. The molecule has 0 aliphatic carbocycles. The smallest absolute Gasteiger partial charge is 0.275 e. The van der Waals surface area contributed by atoms with Crippen LogP contribution in [0, 0.1) is 0 Å². The van der Waals surface area contributed by atoms with Gasteiger partial charge in [-0.2, -0.15) is 0 Å². The average Bonchev–Trinajstić information content (AvgIpc) is 2.83. The van der Waals surface area contributed by atoms with Gasteiger partial charge in [0.05, 0.1) is 6.54 Å². The minimum Gasteiger partial charge on any atom is -0.447 e. The van der Waals surface area contributed by atoms with Crippen LogP contribution >= 0.6 is 0 Å².